The molecule has 1 aromatic heterocycles. The van der Waals surface area contributed by atoms with Crippen LogP contribution in [0.5, 0.6) is 0 Å². The average molecular weight is 238 g/mol. The molecule has 0 aliphatic rings. The zero-order chi connectivity index (χ0) is 12.4. The summed E-state index contributed by atoms with van der Waals surface area (Å²) in [6.07, 6.45) is 1.44. The van der Waals surface area contributed by atoms with Crippen LogP contribution in [-0.4, -0.2) is 22.7 Å². The molecule has 1 heterocycles. The number of nitrogens with one attached hydrogen (secondary N) is 1. The van der Waals surface area contributed by atoms with Gasteiger partial charge in [-0.1, -0.05) is 0 Å². The van der Waals surface area contributed by atoms with Crippen molar-refractivity contribution >= 4 is 16.6 Å². The topological polar surface area (TPSA) is 45.1 Å². The van der Waals surface area contributed by atoms with Crippen LogP contribution in [0.1, 0.15) is 6.92 Å². The molecule has 0 saturated carbocycles. The van der Waals surface area contributed by atoms with Crippen LogP contribution in [0.4, 0.5) is 14.5 Å². The molecule has 0 saturated heterocycles. The molecule has 2 aromatic rings. The SMILES string of the molecule is C[C@@H](CO)Nc1ccnc2c(F)cc(F)cc12. The number of anilines is 1. The standard InChI is InChI=1S/C12H12F2N2O/c1-7(6-17)16-11-2-3-15-12-9(11)4-8(13)5-10(12)14/h2-5,7,17H,6H2,1H3,(H,15,16)/t7-/m0/s1. The van der Waals surface area contributed by atoms with Crippen molar-refractivity contribution in [3.05, 3.63) is 36.0 Å². The highest BCUT2D eigenvalue weighted by atomic mass is 19.1. The number of aliphatic hydroxyl groups excluding tert-OH is 1. The van der Waals surface area contributed by atoms with Gasteiger partial charge in [0.15, 0.2) is 5.82 Å². The third kappa shape index (κ3) is 2.34. The minimum atomic E-state index is -0.694. The summed E-state index contributed by atoms with van der Waals surface area (Å²) in [5.74, 6) is -1.34. The maximum Gasteiger partial charge on any atom is 0.152 e. The van der Waals surface area contributed by atoms with E-state index >= 15 is 0 Å². The molecule has 0 aliphatic carbocycles. The Kier molecular flexibility index (Phi) is 3.19. The summed E-state index contributed by atoms with van der Waals surface area (Å²) in [5, 5.41) is 12.3. The largest absolute Gasteiger partial charge is 0.394 e. The number of hydrogen-bond donors (Lipinski definition) is 2. The molecule has 0 aliphatic heterocycles. The average Bonchev–Trinajstić information content (AvgIpc) is 2.30. The smallest absolute Gasteiger partial charge is 0.152 e. The Morgan fingerprint density at radius 3 is 2.88 bits per heavy atom. The Labute approximate surface area is 97.1 Å². The van der Waals surface area contributed by atoms with E-state index in [0.717, 1.165) is 6.07 Å². The maximum atomic E-state index is 13.5. The predicted molar refractivity (Wildman–Crippen MR) is 61.8 cm³/mol. The highest BCUT2D eigenvalue weighted by Gasteiger charge is 2.10. The van der Waals surface area contributed by atoms with Crippen molar-refractivity contribution in [2.75, 3.05) is 11.9 Å². The van der Waals surface area contributed by atoms with E-state index in [1.165, 1.54) is 12.3 Å². The van der Waals surface area contributed by atoms with E-state index in [1.807, 2.05) is 0 Å². The van der Waals surface area contributed by atoms with E-state index in [4.69, 9.17) is 5.11 Å². The van der Waals surface area contributed by atoms with E-state index in [2.05, 4.69) is 10.3 Å². The molecule has 90 valence electrons. The summed E-state index contributed by atoms with van der Waals surface area (Å²) in [6, 6.07) is 3.44. The lowest BCUT2D eigenvalue weighted by Crippen LogP contribution is -2.19. The van der Waals surface area contributed by atoms with E-state index in [1.54, 1.807) is 13.0 Å². The van der Waals surface area contributed by atoms with E-state index < -0.39 is 11.6 Å². The van der Waals surface area contributed by atoms with Crippen molar-refractivity contribution < 1.29 is 13.9 Å². The molecule has 0 unspecified atom stereocenters. The molecule has 5 heteroatoms. The van der Waals surface area contributed by atoms with Gasteiger partial charge in [-0.25, -0.2) is 8.78 Å². The van der Waals surface area contributed by atoms with Gasteiger partial charge in [0.05, 0.1) is 6.61 Å². The monoisotopic (exact) mass is 238 g/mol. The fraction of sp³-hybridized carbons (Fsp3) is 0.250. The van der Waals surface area contributed by atoms with E-state index in [0.29, 0.717) is 11.1 Å². The summed E-state index contributed by atoms with van der Waals surface area (Å²) in [6.45, 7) is 1.70. The fourth-order valence-corrected chi connectivity index (χ4v) is 1.62. The summed E-state index contributed by atoms with van der Waals surface area (Å²) in [4.78, 5) is 3.87. The molecule has 0 fully saturated rings. The van der Waals surface area contributed by atoms with Crippen LogP contribution >= 0.6 is 0 Å². The highest BCUT2D eigenvalue weighted by Crippen LogP contribution is 2.25. The van der Waals surface area contributed by atoms with Gasteiger partial charge in [-0.3, -0.25) is 4.98 Å². The third-order valence-electron chi connectivity index (χ3n) is 2.44. The Morgan fingerprint density at radius 2 is 2.18 bits per heavy atom. The molecule has 0 amide bonds. The Hall–Kier alpha value is -1.75. The molecule has 0 spiro atoms. The number of halogens is 2. The molecular weight excluding hydrogens is 226 g/mol. The minimum Gasteiger partial charge on any atom is -0.394 e. The van der Waals surface area contributed by atoms with Crippen LogP contribution in [0.2, 0.25) is 0 Å². The van der Waals surface area contributed by atoms with Crippen molar-refractivity contribution in [3.8, 4) is 0 Å². The fourth-order valence-electron chi connectivity index (χ4n) is 1.62. The molecule has 1 atom stereocenters. The van der Waals surface area contributed by atoms with Crippen LogP contribution in [0.15, 0.2) is 24.4 Å². The molecule has 17 heavy (non-hydrogen) atoms. The summed E-state index contributed by atoms with van der Waals surface area (Å²) in [5.41, 5.74) is 0.663. The molecule has 3 nitrogen and oxygen atoms in total. The van der Waals surface area contributed by atoms with Crippen molar-refractivity contribution in [2.24, 2.45) is 0 Å². The lowest BCUT2D eigenvalue weighted by atomic mass is 10.1. The molecule has 0 radical (unpaired) electrons. The van der Waals surface area contributed by atoms with E-state index in [9.17, 15) is 8.78 Å². The number of nitrogens with zero attached hydrogens (tertiary/aromatic N) is 1. The van der Waals surface area contributed by atoms with Crippen LogP contribution in [-0.2, 0) is 0 Å². The van der Waals surface area contributed by atoms with Gasteiger partial charge in [-0.15, -0.1) is 0 Å². The number of aromatic nitrogens is 1. The van der Waals surface area contributed by atoms with E-state index in [-0.39, 0.29) is 18.2 Å². The number of benzene rings is 1. The van der Waals surface area contributed by atoms with Crippen LogP contribution in [0, 0.1) is 11.6 Å². The Balaban J connectivity index is 2.56. The second-order valence-electron chi connectivity index (χ2n) is 3.87. The highest BCUT2D eigenvalue weighted by molar-refractivity contribution is 5.91. The first-order chi connectivity index (χ1) is 8.11. The van der Waals surface area contributed by atoms with Gasteiger partial charge in [0, 0.05) is 29.4 Å². The lowest BCUT2D eigenvalue weighted by molar-refractivity contribution is 0.281. The normalized spacial score (nSPS) is 12.7. The van der Waals surface area contributed by atoms with Crippen molar-refractivity contribution in [1.82, 2.24) is 4.98 Å². The maximum absolute atomic E-state index is 13.5. The summed E-state index contributed by atoms with van der Waals surface area (Å²) in [7, 11) is 0. The summed E-state index contributed by atoms with van der Waals surface area (Å²) >= 11 is 0. The molecule has 0 bridgehead atoms. The zero-order valence-corrected chi connectivity index (χ0v) is 9.24. The molecular formula is C12H12F2N2O. The minimum absolute atomic E-state index is 0.0678. The van der Waals surface area contributed by atoms with Gasteiger partial charge in [0.2, 0.25) is 0 Å². The first-order valence-electron chi connectivity index (χ1n) is 5.23. The first-order valence-corrected chi connectivity index (χ1v) is 5.23. The third-order valence-corrected chi connectivity index (χ3v) is 2.44. The van der Waals surface area contributed by atoms with Crippen molar-refractivity contribution in [2.45, 2.75) is 13.0 Å². The van der Waals surface area contributed by atoms with Gasteiger partial charge in [0.25, 0.3) is 0 Å². The Morgan fingerprint density at radius 1 is 1.41 bits per heavy atom. The number of pyridine rings is 1. The summed E-state index contributed by atoms with van der Waals surface area (Å²) < 4.78 is 26.6. The van der Waals surface area contributed by atoms with Gasteiger partial charge < -0.3 is 10.4 Å². The molecule has 2 N–H and O–H groups in total. The number of hydrogen-bond acceptors (Lipinski definition) is 3. The second-order valence-corrected chi connectivity index (χ2v) is 3.87. The molecule has 2 rings (SSSR count). The van der Waals surface area contributed by atoms with Gasteiger partial charge >= 0.3 is 0 Å². The predicted octanol–water partition coefficient (Wildman–Crippen LogP) is 2.31. The van der Waals surface area contributed by atoms with Crippen LogP contribution in [0.3, 0.4) is 0 Å². The number of rotatable bonds is 3. The van der Waals surface area contributed by atoms with Gasteiger partial charge in [-0.05, 0) is 19.1 Å². The first kappa shape index (κ1) is 11.7. The Bertz CT molecular complexity index is 545. The van der Waals surface area contributed by atoms with Crippen molar-refractivity contribution in [3.63, 3.8) is 0 Å². The van der Waals surface area contributed by atoms with Gasteiger partial charge in [0.1, 0.15) is 11.3 Å². The zero-order valence-electron chi connectivity index (χ0n) is 9.24. The van der Waals surface area contributed by atoms with Crippen molar-refractivity contribution in [1.29, 1.82) is 0 Å². The number of fused-ring (bicyclic) bond motifs is 1. The quantitative estimate of drug-likeness (QED) is 0.862. The lowest BCUT2D eigenvalue weighted by Gasteiger charge is -2.14. The number of aliphatic hydroxyl groups is 1. The van der Waals surface area contributed by atoms with Crippen LogP contribution < -0.4 is 5.32 Å². The van der Waals surface area contributed by atoms with Gasteiger partial charge in [-0.2, -0.15) is 0 Å². The molecule has 1 aromatic carbocycles. The second kappa shape index (κ2) is 4.63. The van der Waals surface area contributed by atoms with Crippen LogP contribution in [0.25, 0.3) is 10.9 Å².